The molecule has 0 spiro atoms. The second-order valence-electron chi connectivity index (χ2n) is 3.55. The molecule has 0 aliphatic heterocycles. The van der Waals surface area contributed by atoms with Gasteiger partial charge in [-0.15, -0.1) is 0 Å². The molecule has 0 saturated carbocycles. The topological polar surface area (TPSA) is 46.2 Å². The molecule has 0 radical (unpaired) electrons. The lowest BCUT2D eigenvalue weighted by Crippen LogP contribution is -2.14. The molecule has 0 aliphatic rings. The molecule has 6 heteroatoms. The Labute approximate surface area is 118 Å². The van der Waals surface area contributed by atoms with Gasteiger partial charge >= 0.3 is 0 Å². The average molecular weight is 377 g/mol. The SMILES string of the molecule is O=S(=O)(Nc1cccc(I)c1)c1ccccc1F. The molecular formula is C12H9FINO2S. The monoisotopic (exact) mass is 377 g/mol. The van der Waals surface area contributed by atoms with Gasteiger partial charge in [-0.1, -0.05) is 18.2 Å². The smallest absolute Gasteiger partial charge is 0.264 e. The summed E-state index contributed by atoms with van der Waals surface area (Å²) in [5, 5.41) is 0. The first-order valence-electron chi connectivity index (χ1n) is 5.02. The summed E-state index contributed by atoms with van der Waals surface area (Å²) in [4.78, 5) is -0.358. The Bertz CT molecular complexity index is 673. The summed E-state index contributed by atoms with van der Waals surface area (Å²) in [6.07, 6.45) is 0. The molecule has 2 aromatic carbocycles. The van der Waals surface area contributed by atoms with Crippen LogP contribution in [0, 0.1) is 9.39 Å². The van der Waals surface area contributed by atoms with Gasteiger partial charge in [-0.25, -0.2) is 12.8 Å². The molecular weight excluding hydrogens is 368 g/mol. The predicted molar refractivity (Wildman–Crippen MR) is 76.4 cm³/mol. The lowest BCUT2D eigenvalue weighted by molar-refractivity contribution is 0.570. The fourth-order valence-corrected chi connectivity index (χ4v) is 3.10. The van der Waals surface area contributed by atoms with E-state index in [2.05, 4.69) is 27.3 Å². The maximum Gasteiger partial charge on any atom is 0.264 e. The van der Waals surface area contributed by atoms with Crippen molar-refractivity contribution in [3.8, 4) is 0 Å². The van der Waals surface area contributed by atoms with Gasteiger partial charge in [0, 0.05) is 9.26 Å². The summed E-state index contributed by atoms with van der Waals surface area (Å²) in [6.45, 7) is 0. The van der Waals surface area contributed by atoms with Crippen molar-refractivity contribution in [1.82, 2.24) is 0 Å². The molecule has 2 rings (SSSR count). The van der Waals surface area contributed by atoms with Crippen LogP contribution in [0.3, 0.4) is 0 Å². The van der Waals surface area contributed by atoms with E-state index in [0.717, 1.165) is 9.64 Å². The lowest BCUT2D eigenvalue weighted by Gasteiger charge is -2.08. The minimum absolute atomic E-state index is 0.358. The van der Waals surface area contributed by atoms with Gasteiger partial charge in [0.15, 0.2) is 0 Å². The van der Waals surface area contributed by atoms with Crippen LogP contribution in [0.25, 0.3) is 0 Å². The number of benzene rings is 2. The van der Waals surface area contributed by atoms with E-state index in [4.69, 9.17) is 0 Å². The molecule has 3 nitrogen and oxygen atoms in total. The van der Waals surface area contributed by atoms with Crippen LogP contribution in [0.4, 0.5) is 10.1 Å². The number of halogens is 2. The molecule has 1 N–H and O–H groups in total. The maximum absolute atomic E-state index is 13.4. The standard InChI is InChI=1S/C12H9FINO2S/c13-11-6-1-2-7-12(11)18(16,17)15-10-5-3-4-9(14)8-10/h1-8,15H. The number of hydrogen-bond acceptors (Lipinski definition) is 2. The maximum atomic E-state index is 13.4. The van der Waals surface area contributed by atoms with Gasteiger partial charge in [-0.3, -0.25) is 4.72 Å². The largest absolute Gasteiger partial charge is 0.280 e. The zero-order valence-electron chi connectivity index (χ0n) is 9.10. The van der Waals surface area contributed by atoms with E-state index >= 15 is 0 Å². The highest BCUT2D eigenvalue weighted by Gasteiger charge is 2.18. The van der Waals surface area contributed by atoms with Crippen LogP contribution in [0.2, 0.25) is 0 Å². The first kappa shape index (κ1) is 13.3. The van der Waals surface area contributed by atoms with E-state index in [1.165, 1.54) is 18.2 Å². The van der Waals surface area contributed by atoms with Crippen molar-refractivity contribution < 1.29 is 12.8 Å². The van der Waals surface area contributed by atoms with Crippen molar-refractivity contribution in [1.29, 1.82) is 0 Å². The minimum Gasteiger partial charge on any atom is -0.280 e. The highest BCUT2D eigenvalue weighted by atomic mass is 127. The molecule has 0 amide bonds. The Morgan fingerprint density at radius 1 is 1.06 bits per heavy atom. The summed E-state index contributed by atoms with van der Waals surface area (Å²) in [5.74, 6) is -0.768. The summed E-state index contributed by atoms with van der Waals surface area (Å²) in [7, 11) is -3.89. The molecule has 0 bridgehead atoms. The number of anilines is 1. The summed E-state index contributed by atoms with van der Waals surface area (Å²) >= 11 is 2.07. The van der Waals surface area contributed by atoms with Gasteiger partial charge < -0.3 is 0 Å². The summed E-state index contributed by atoms with van der Waals surface area (Å²) < 4.78 is 40.6. The molecule has 18 heavy (non-hydrogen) atoms. The van der Waals surface area contributed by atoms with Crippen LogP contribution in [-0.2, 0) is 10.0 Å². The zero-order chi connectivity index (χ0) is 13.2. The van der Waals surface area contributed by atoms with Crippen LogP contribution in [0.15, 0.2) is 53.4 Å². The lowest BCUT2D eigenvalue weighted by atomic mass is 10.3. The van der Waals surface area contributed by atoms with Gasteiger partial charge in [-0.2, -0.15) is 0 Å². The van der Waals surface area contributed by atoms with Crippen molar-refractivity contribution in [3.63, 3.8) is 0 Å². The third kappa shape index (κ3) is 2.99. The van der Waals surface area contributed by atoms with Crippen LogP contribution < -0.4 is 4.72 Å². The van der Waals surface area contributed by atoms with Crippen molar-refractivity contribution in [2.75, 3.05) is 4.72 Å². The second-order valence-corrected chi connectivity index (χ2v) is 6.44. The van der Waals surface area contributed by atoms with Crippen LogP contribution >= 0.6 is 22.6 Å². The third-order valence-electron chi connectivity index (χ3n) is 2.20. The molecule has 0 saturated heterocycles. The second kappa shape index (κ2) is 5.23. The fourth-order valence-electron chi connectivity index (χ4n) is 1.42. The summed E-state index contributed by atoms with van der Waals surface area (Å²) in [5.41, 5.74) is 0.408. The van der Waals surface area contributed by atoms with Gasteiger partial charge in [0.2, 0.25) is 0 Å². The highest BCUT2D eigenvalue weighted by molar-refractivity contribution is 14.1. The molecule has 0 atom stereocenters. The normalized spacial score (nSPS) is 11.2. The minimum atomic E-state index is -3.89. The first-order valence-corrected chi connectivity index (χ1v) is 7.58. The predicted octanol–water partition coefficient (Wildman–Crippen LogP) is 3.23. The molecule has 94 valence electrons. The quantitative estimate of drug-likeness (QED) is 0.835. The Morgan fingerprint density at radius 2 is 1.78 bits per heavy atom. The number of nitrogens with one attached hydrogen (secondary N) is 1. The zero-order valence-corrected chi connectivity index (χ0v) is 12.1. The number of rotatable bonds is 3. The van der Waals surface area contributed by atoms with Crippen molar-refractivity contribution >= 4 is 38.3 Å². The van der Waals surface area contributed by atoms with Gasteiger partial charge in [0.25, 0.3) is 10.0 Å². The first-order chi connectivity index (χ1) is 8.49. The molecule has 0 fully saturated rings. The van der Waals surface area contributed by atoms with Crippen LogP contribution in [0.1, 0.15) is 0 Å². The highest BCUT2D eigenvalue weighted by Crippen LogP contribution is 2.19. The van der Waals surface area contributed by atoms with Crippen molar-refractivity contribution in [3.05, 3.63) is 57.9 Å². The Balaban J connectivity index is 2.37. The van der Waals surface area contributed by atoms with Crippen LogP contribution in [-0.4, -0.2) is 8.42 Å². The fraction of sp³-hybridized carbons (Fsp3) is 0. The number of hydrogen-bond donors (Lipinski definition) is 1. The molecule has 0 heterocycles. The van der Waals surface area contributed by atoms with E-state index in [1.54, 1.807) is 18.2 Å². The van der Waals surface area contributed by atoms with Crippen LogP contribution in [0.5, 0.6) is 0 Å². The third-order valence-corrected chi connectivity index (χ3v) is 4.29. The molecule has 0 aliphatic carbocycles. The van der Waals surface area contributed by atoms with E-state index in [1.807, 2.05) is 6.07 Å². The average Bonchev–Trinajstić information content (AvgIpc) is 2.28. The Morgan fingerprint density at radius 3 is 2.44 bits per heavy atom. The van der Waals surface area contributed by atoms with E-state index < -0.39 is 15.8 Å². The summed E-state index contributed by atoms with van der Waals surface area (Å²) in [6, 6.07) is 12.1. The van der Waals surface area contributed by atoms with Gasteiger partial charge in [0.05, 0.1) is 0 Å². The molecule has 0 unspecified atom stereocenters. The van der Waals surface area contributed by atoms with E-state index in [-0.39, 0.29) is 4.90 Å². The van der Waals surface area contributed by atoms with E-state index in [0.29, 0.717) is 5.69 Å². The van der Waals surface area contributed by atoms with Crippen molar-refractivity contribution in [2.45, 2.75) is 4.90 Å². The Kier molecular flexibility index (Phi) is 3.86. The van der Waals surface area contributed by atoms with E-state index in [9.17, 15) is 12.8 Å². The van der Waals surface area contributed by atoms with Gasteiger partial charge in [-0.05, 0) is 52.9 Å². The van der Waals surface area contributed by atoms with Gasteiger partial charge in [0.1, 0.15) is 10.7 Å². The molecule has 2 aromatic rings. The molecule has 0 aromatic heterocycles. The number of sulfonamides is 1. The van der Waals surface area contributed by atoms with Crippen molar-refractivity contribution in [2.24, 2.45) is 0 Å². The Hall–Kier alpha value is -1.15.